The first-order valence-corrected chi connectivity index (χ1v) is 5.45. The van der Waals surface area contributed by atoms with Crippen molar-refractivity contribution in [1.82, 2.24) is 5.32 Å². The van der Waals surface area contributed by atoms with E-state index in [1.165, 1.54) is 0 Å². The number of carbonyl (C=O) groups is 1. The molecule has 0 aliphatic heterocycles. The van der Waals surface area contributed by atoms with Gasteiger partial charge in [-0.15, -0.1) is 0 Å². The molecule has 0 heterocycles. The van der Waals surface area contributed by atoms with Gasteiger partial charge in [-0.3, -0.25) is 4.79 Å². The van der Waals surface area contributed by atoms with Crippen LogP contribution in [0.4, 0.5) is 0 Å². The van der Waals surface area contributed by atoms with Gasteiger partial charge in [0.25, 0.3) is 5.91 Å². The van der Waals surface area contributed by atoms with Crippen LogP contribution in [0.3, 0.4) is 0 Å². The summed E-state index contributed by atoms with van der Waals surface area (Å²) in [5.41, 5.74) is 0.627. The Kier molecular flexibility index (Phi) is 3.37. The minimum atomic E-state index is -0.133. The molecule has 0 aliphatic rings. The van der Waals surface area contributed by atoms with Crippen LogP contribution >= 0.6 is 0 Å². The lowest BCUT2D eigenvalue weighted by molar-refractivity contribution is 0.0954. The lowest BCUT2D eigenvalue weighted by Gasteiger charge is -2.04. The topological polar surface area (TPSA) is 52.9 Å². The van der Waals surface area contributed by atoms with Crippen LogP contribution in [0.2, 0.25) is 0 Å². The third kappa shape index (κ3) is 2.61. The van der Waals surface area contributed by atoms with Crippen molar-refractivity contribution in [2.45, 2.75) is 6.42 Å². The van der Waals surface area contributed by atoms with Gasteiger partial charge in [-0.2, -0.15) is 5.26 Å². The Morgan fingerprint density at radius 1 is 1.18 bits per heavy atom. The van der Waals surface area contributed by atoms with Crippen LogP contribution in [0.25, 0.3) is 10.8 Å². The summed E-state index contributed by atoms with van der Waals surface area (Å²) >= 11 is 0. The predicted octanol–water partition coefficient (Wildman–Crippen LogP) is 2.48. The molecule has 0 spiro atoms. The van der Waals surface area contributed by atoms with Gasteiger partial charge in [-0.1, -0.05) is 30.3 Å². The van der Waals surface area contributed by atoms with Crippen LogP contribution < -0.4 is 5.32 Å². The highest BCUT2D eigenvalue weighted by Gasteiger charge is 2.04. The molecule has 0 fully saturated rings. The number of nitrogens with one attached hydrogen (secondary N) is 1. The van der Waals surface area contributed by atoms with Crippen molar-refractivity contribution >= 4 is 16.7 Å². The number of carbonyl (C=O) groups excluding carboxylic acids is 1. The van der Waals surface area contributed by atoms with Gasteiger partial charge in [0.15, 0.2) is 0 Å². The summed E-state index contributed by atoms with van der Waals surface area (Å²) in [5.74, 6) is -0.133. The van der Waals surface area contributed by atoms with Crippen molar-refractivity contribution in [2.24, 2.45) is 0 Å². The van der Waals surface area contributed by atoms with E-state index >= 15 is 0 Å². The van der Waals surface area contributed by atoms with Crippen molar-refractivity contribution in [3.63, 3.8) is 0 Å². The number of nitrogens with zero attached hydrogens (tertiary/aromatic N) is 1. The molecule has 0 unspecified atom stereocenters. The first-order chi connectivity index (χ1) is 8.31. The lowest BCUT2D eigenvalue weighted by atomic mass is 10.1. The van der Waals surface area contributed by atoms with Crippen molar-refractivity contribution in [3.8, 4) is 6.07 Å². The smallest absolute Gasteiger partial charge is 0.251 e. The SMILES string of the molecule is N#CCCNC(=O)c1ccc2ccccc2c1. The van der Waals surface area contributed by atoms with E-state index in [1.807, 2.05) is 42.5 Å². The quantitative estimate of drug-likeness (QED) is 0.814. The van der Waals surface area contributed by atoms with Crippen LogP contribution in [0, 0.1) is 11.3 Å². The van der Waals surface area contributed by atoms with E-state index in [0.29, 0.717) is 18.5 Å². The molecule has 3 nitrogen and oxygen atoms in total. The summed E-state index contributed by atoms with van der Waals surface area (Å²) in [4.78, 5) is 11.7. The second-order valence-corrected chi connectivity index (χ2v) is 3.73. The van der Waals surface area contributed by atoms with E-state index < -0.39 is 0 Å². The minimum Gasteiger partial charge on any atom is -0.351 e. The molecule has 0 saturated carbocycles. The Balaban J connectivity index is 2.19. The van der Waals surface area contributed by atoms with Crippen molar-refractivity contribution in [1.29, 1.82) is 5.26 Å². The molecule has 2 rings (SSSR count). The number of benzene rings is 2. The molecule has 3 heteroatoms. The van der Waals surface area contributed by atoms with Gasteiger partial charge in [0, 0.05) is 12.1 Å². The first kappa shape index (κ1) is 11.2. The fraction of sp³-hybridized carbons (Fsp3) is 0.143. The Bertz CT molecular complexity index is 584. The van der Waals surface area contributed by atoms with Crippen molar-refractivity contribution < 1.29 is 4.79 Å². The summed E-state index contributed by atoms with van der Waals surface area (Å²) < 4.78 is 0. The summed E-state index contributed by atoms with van der Waals surface area (Å²) in [6.07, 6.45) is 0.333. The molecule has 1 N–H and O–H groups in total. The Labute approximate surface area is 99.7 Å². The van der Waals surface area contributed by atoms with Crippen molar-refractivity contribution in [2.75, 3.05) is 6.54 Å². The maximum absolute atomic E-state index is 11.7. The van der Waals surface area contributed by atoms with Crippen LogP contribution in [0.1, 0.15) is 16.8 Å². The Morgan fingerprint density at radius 2 is 1.94 bits per heavy atom. The predicted molar refractivity (Wildman–Crippen MR) is 66.5 cm³/mol. The van der Waals surface area contributed by atoms with Gasteiger partial charge in [-0.25, -0.2) is 0 Å². The zero-order chi connectivity index (χ0) is 12.1. The number of hydrogen-bond donors (Lipinski definition) is 1. The molecule has 0 bridgehead atoms. The second kappa shape index (κ2) is 5.13. The standard InChI is InChI=1S/C14H12N2O/c15-8-3-9-16-14(17)13-7-6-11-4-1-2-5-12(11)10-13/h1-2,4-7,10H,3,9H2,(H,16,17). The Morgan fingerprint density at radius 3 is 2.71 bits per heavy atom. The second-order valence-electron chi connectivity index (χ2n) is 3.73. The molecular formula is C14H12N2O. The zero-order valence-electron chi connectivity index (χ0n) is 9.31. The van der Waals surface area contributed by atoms with Gasteiger partial charge in [0.2, 0.25) is 0 Å². The number of fused-ring (bicyclic) bond motifs is 1. The number of rotatable bonds is 3. The van der Waals surface area contributed by atoms with Gasteiger partial charge in [-0.05, 0) is 22.9 Å². The highest BCUT2D eigenvalue weighted by atomic mass is 16.1. The van der Waals surface area contributed by atoms with Crippen LogP contribution in [0.5, 0.6) is 0 Å². The molecule has 0 aromatic heterocycles. The molecule has 84 valence electrons. The summed E-state index contributed by atoms with van der Waals surface area (Å²) in [5, 5.41) is 13.2. The average Bonchev–Trinajstić information content (AvgIpc) is 2.38. The van der Waals surface area contributed by atoms with E-state index in [9.17, 15) is 4.79 Å². The van der Waals surface area contributed by atoms with Crippen molar-refractivity contribution in [3.05, 3.63) is 48.0 Å². The number of hydrogen-bond acceptors (Lipinski definition) is 2. The molecule has 0 aliphatic carbocycles. The summed E-state index contributed by atoms with van der Waals surface area (Å²) in [6, 6.07) is 15.5. The average molecular weight is 224 g/mol. The van der Waals surface area contributed by atoms with E-state index in [0.717, 1.165) is 10.8 Å². The zero-order valence-corrected chi connectivity index (χ0v) is 9.31. The largest absolute Gasteiger partial charge is 0.351 e. The summed E-state index contributed by atoms with van der Waals surface area (Å²) in [6.45, 7) is 0.391. The fourth-order valence-electron chi connectivity index (χ4n) is 1.66. The molecule has 17 heavy (non-hydrogen) atoms. The maximum atomic E-state index is 11.7. The highest BCUT2D eigenvalue weighted by molar-refractivity contribution is 5.98. The Hall–Kier alpha value is -2.34. The van der Waals surface area contributed by atoms with E-state index in [-0.39, 0.29) is 5.91 Å². The van der Waals surface area contributed by atoms with Gasteiger partial charge >= 0.3 is 0 Å². The molecule has 2 aromatic rings. The van der Waals surface area contributed by atoms with E-state index in [4.69, 9.17) is 5.26 Å². The molecule has 0 atom stereocenters. The first-order valence-electron chi connectivity index (χ1n) is 5.45. The molecule has 1 amide bonds. The maximum Gasteiger partial charge on any atom is 0.251 e. The molecular weight excluding hydrogens is 212 g/mol. The normalized spacial score (nSPS) is 9.82. The van der Waals surface area contributed by atoms with Crippen LogP contribution in [-0.4, -0.2) is 12.5 Å². The van der Waals surface area contributed by atoms with Crippen LogP contribution in [-0.2, 0) is 0 Å². The molecule has 0 saturated heterocycles. The van der Waals surface area contributed by atoms with Gasteiger partial charge in [0.1, 0.15) is 0 Å². The van der Waals surface area contributed by atoms with Gasteiger partial charge < -0.3 is 5.32 Å². The van der Waals surface area contributed by atoms with Crippen LogP contribution in [0.15, 0.2) is 42.5 Å². The van der Waals surface area contributed by atoms with E-state index in [2.05, 4.69) is 5.32 Å². The minimum absolute atomic E-state index is 0.133. The third-order valence-electron chi connectivity index (χ3n) is 2.53. The third-order valence-corrected chi connectivity index (χ3v) is 2.53. The highest BCUT2D eigenvalue weighted by Crippen LogP contribution is 2.15. The van der Waals surface area contributed by atoms with E-state index in [1.54, 1.807) is 6.07 Å². The van der Waals surface area contributed by atoms with Gasteiger partial charge in [0.05, 0.1) is 12.5 Å². The molecule has 0 radical (unpaired) electrons. The lowest BCUT2D eigenvalue weighted by Crippen LogP contribution is -2.24. The number of nitriles is 1. The number of amides is 1. The monoisotopic (exact) mass is 224 g/mol. The molecule has 2 aromatic carbocycles. The summed E-state index contributed by atoms with van der Waals surface area (Å²) in [7, 11) is 0. The fourth-order valence-corrected chi connectivity index (χ4v) is 1.66.